The highest BCUT2D eigenvalue weighted by Crippen LogP contribution is 2.36. The molecular weight excluding hydrogens is 501 g/mol. The van der Waals surface area contributed by atoms with Crippen LogP contribution in [0.2, 0.25) is 5.02 Å². The number of carbonyl (C=O) groups is 1. The molecule has 1 spiro atoms. The van der Waals surface area contributed by atoms with E-state index in [1.807, 2.05) is 35.2 Å². The molecular formula is C27H27ClFN3O3S. The van der Waals surface area contributed by atoms with E-state index in [0.717, 1.165) is 11.1 Å². The van der Waals surface area contributed by atoms with Gasteiger partial charge in [0.05, 0.1) is 16.6 Å². The first-order valence-electron chi connectivity index (χ1n) is 11.9. The summed E-state index contributed by atoms with van der Waals surface area (Å²) in [4.78, 5) is 15.6. The topological polar surface area (TPSA) is 69.7 Å². The molecule has 2 heterocycles. The Hall–Kier alpha value is -2.78. The molecule has 0 aliphatic carbocycles. The van der Waals surface area contributed by atoms with Crippen LogP contribution < -0.4 is 5.32 Å². The molecule has 1 N–H and O–H groups in total. The van der Waals surface area contributed by atoms with E-state index in [0.29, 0.717) is 30.8 Å². The first-order chi connectivity index (χ1) is 17.3. The number of piperidine rings is 1. The lowest BCUT2D eigenvalue weighted by Crippen LogP contribution is -2.59. The van der Waals surface area contributed by atoms with Gasteiger partial charge in [-0.3, -0.25) is 10.1 Å². The molecule has 188 valence electrons. The SMILES string of the molecule is O=C1[C@@H](Cc2ccccc2)NC2(CCN(S(=O)(=O)c3cccc(Cl)c3)CC2)N1Cc1ccc(F)cc1. The fourth-order valence-electron chi connectivity index (χ4n) is 5.14. The van der Waals surface area contributed by atoms with Crippen LogP contribution in [-0.4, -0.2) is 48.3 Å². The highest BCUT2D eigenvalue weighted by molar-refractivity contribution is 7.89. The van der Waals surface area contributed by atoms with Gasteiger partial charge in [0.15, 0.2) is 0 Å². The third-order valence-electron chi connectivity index (χ3n) is 7.04. The molecule has 0 bridgehead atoms. The van der Waals surface area contributed by atoms with Crippen LogP contribution in [0.3, 0.4) is 0 Å². The highest BCUT2D eigenvalue weighted by atomic mass is 35.5. The average Bonchev–Trinajstić information content (AvgIpc) is 3.11. The van der Waals surface area contributed by atoms with E-state index in [4.69, 9.17) is 11.6 Å². The first-order valence-corrected chi connectivity index (χ1v) is 13.7. The van der Waals surface area contributed by atoms with Crippen LogP contribution in [-0.2, 0) is 27.8 Å². The van der Waals surface area contributed by atoms with E-state index in [2.05, 4.69) is 5.32 Å². The lowest BCUT2D eigenvalue weighted by Gasteiger charge is -2.44. The lowest BCUT2D eigenvalue weighted by atomic mass is 9.96. The lowest BCUT2D eigenvalue weighted by molar-refractivity contribution is -0.134. The van der Waals surface area contributed by atoms with Crippen LogP contribution >= 0.6 is 11.6 Å². The van der Waals surface area contributed by atoms with Crippen LogP contribution in [0.15, 0.2) is 83.8 Å². The molecule has 2 fully saturated rings. The van der Waals surface area contributed by atoms with E-state index in [1.165, 1.54) is 22.5 Å². The summed E-state index contributed by atoms with van der Waals surface area (Å²) in [5.74, 6) is -0.366. The monoisotopic (exact) mass is 527 g/mol. The molecule has 0 aromatic heterocycles. The molecule has 1 amide bonds. The summed E-state index contributed by atoms with van der Waals surface area (Å²) in [6.45, 7) is 0.832. The van der Waals surface area contributed by atoms with Crippen LogP contribution in [0.5, 0.6) is 0 Å². The molecule has 6 nitrogen and oxygen atoms in total. The Bertz CT molecular complexity index is 1340. The number of rotatable bonds is 6. The van der Waals surface area contributed by atoms with Crippen molar-refractivity contribution in [1.29, 1.82) is 0 Å². The molecule has 2 aliphatic rings. The fraction of sp³-hybridized carbons (Fsp3) is 0.296. The Labute approximate surface area is 215 Å². The standard InChI is InChI=1S/C27H27ClFN3O3S/c28-22-7-4-8-24(18-22)36(34,35)31-15-13-27(14-16-31)30-25(17-20-5-2-1-3-6-20)26(33)32(27)19-21-9-11-23(29)12-10-21/h1-12,18,25,30H,13-17,19H2/t25-/m1/s1. The normalized spacial score (nSPS) is 20.2. The van der Waals surface area contributed by atoms with E-state index in [1.54, 1.807) is 30.3 Å². The minimum atomic E-state index is -3.71. The Morgan fingerprint density at radius 1 is 0.944 bits per heavy atom. The van der Waals surface area contributed by atoms with Crippen molar-refractivity contribution in [1.82, 2.24) is 14.5 Å². The van der Waals surface area contributed by atoms with Gasteiger partial charge in [0, 0.05) is 24.7 Å². The van der Waals surface area contributed by atoms with Gasteiger partial charge >= 0.3 is 0 Å². The molecule has 36 heavy (non-hydrogen) atoms. The molecule has 0 saturated carbocycles. The molecule has 5 rings (SSSR count). The van der Waals surface area contributed by atoms with E-state index >= 15 is 0 Å². The number of hydrogen-bond acceptors (Lipinski definition) is 4. The predicted octanol–water partition coefficient (Wildman–Crippen LogP) is 4.20. The second kappa shape index (κ2) is 9.94. The maximum atomic E-state index is 13.6. The largest absolute Gasteiger partial charge is 0.319 e. The summed E-state index contributed by atoms with van der Waals surface area (Å²) in [5, 5.41) is 3.93. The Balaban J connectivity index is 1.39. The van der Waals surface area contributed by atoms with E-state index in [9.17, 15) is 17.6 Å². The number of amides is 1. The summed E-state index contributed by atoms with van der Waals surface area (Å²) in [6.07, 6.45) is 1.40. The van der Waals surface area contributed by atoms with Gasteiger partial charge in [-0.15, -0.1) is 0 Å². The number of halogens is 2. The summed E-state index contributed by atoms with van der Waals surface area (Å²) in [5.41, 5.74) is 1.18. The van der Waals surface area contributed by atoms with Crippen molar-refractivity contribution in [2.45, 2.75) is 42.4 Å². The molecule has 0 radical (unpaired) electrons. The number of hydrogen-bond donors (Lipinski definition) is 1. The van der Waals surface area contributed by atoms with Crippen LogP contribution in [0.25, 0.3) is 0 Å². The van der Waals surface area contributed by atoms with Crippen LogP contribution in [0, 0.1) is 5.82 Å². The van der Waals surface area contributed by atoms with Crippen molar-refractivity contribution < 1.29 is 17.6 Å². The summed E-state index contributed by atoms with van der Waals surface area (Å²) < 4.78 is 41.4. The van der Waals surface area contributed by atoms with Gasteiger partial charge in [0.2, 0.25) is 15.9 Å². The van der Waals surface area contributed by atoms with E-state index in [-0.39, 0.29) is 29.7 Å². The molecule has 0 unspecified atom stereocenters. The van der Waals surface area contributed by atoms with Crippen molar-refractivity contribution >= 4 is 27.5 Å². The fourth-order valence-corrected chi connectivity index (χ4v) is 6.88. The van der Waals surface area contributed by atoms with Gasteiger partial charge in [0.25, 0.3) is 0 Å². The third kappa shape index (κ3) is 4.91. The summed E-state index contributed by atoms with van der Waals surface area (Å²) >= 11 is 6.03. The molecule has 2 saturated heterocycles. The van der Waals surface area contributed by atoms with Crippen molar-refractivity contribution in [3.63, 3.8) is 0 Å². The molecule has 3 aromatic rings. The zero-order chi connectivity index (χ0) is 25.3. The first kappa shape index (κ1) is 24.9. The van der Waals surface area contributed by atoms with Gasteiger partial charge in [-0.05, 0) is 60.7 Å². The molecule has 1 atom stereocenters. The molecule has 3 aromatic carbocycles. The maximum Gasteiger partial charge on any atom is 0.243 e. The van der Waals surface area contributed by atoms with Gasteiger partial charge in [-0.1, -0.05) is 60.1 Å². The zero-order valence-electron chi connectivity index (χ0n) is 19.6. The number of nitrogens with one attached hydrogen (secondary N) is 1. The van der Waals surface area contributed by atoms with Gasteiger partial charge in [0.1, 0.15) is 5.82 Å². The Morgan fingerprint density at radius 2 is 1.64 bits per heavy atom. The number of nitrogens with zero attached hydrogens (tertiary/aromatic N) is 2. The average molecular weight is 528 g/mol. The summed E-state index contributed by atoms with van der Waals surface area (Å²) in [6, 6.07) is 21.8. The van der Waals surface area contributed by atoms with Crippen molar-refractivity contribution in [2.24, 2.45) is 0 Å². The minimum absolute atomic E-state index is 0.0330. The second-order valence-electron chi connectivity index (χ2n) is 9.33. The predicted molar refractivity (Wildman–Crippen MR) is 136 cm³/mol. The number of benzene rings is 3. The van der Waals surface area contributed by atoms with Crippen LogP contribution in [0.1, 0.15) is 24.0 Å². The maximum absolute atomic E-state index is 13.6. The van der Waals surface area contributed by atoms with Crippen molar-refractivity contribution in [3.8, 4) is 0 Å². The second-order valence-corrected chi connectivity index (χ2v) is 11.7. The Morgan fingerprint density at radius 3 is 2.31 bits per heavy atom. The smallest absolute Gasteiger partial charge is 0.243 e. The van der Waals surface area contributed by atoms with Gasteiger partial charge in [-0.25, -0.2) is 12.8 Å². The third-order valence-corrected chi connectivity index (χ3v) is 9.17. The summed E-state index contributed by atoms with van der Waals surface area (Å²) in [7, 11) is -3.71. The quantitative estimate of drug-likeness (QED) is 0.521. The number of sulfonamides is 1. The number of carbonyl (C=O) groups excluding carboxylic acids is 1. The van der Waals surface area contributed by atoms with Crippen molar-refractivity contribution in [2.75, 3.05) is 13.1 Å². The van der Waals surface area contributed by atoms with E-state index < -0.39 is 21.7 Å². The van der Waals surface area contributed by atoms with Gasteiger partial charge < -0.3 is 4.90 Å². The van der Waals surface area contributed by atoms with Crippen LogP contribution in [0.4, 0.5) is 4.39 Å². The molecule has 2 aliphatic heterocycles. The highest BCUT2D eigenvalue weighted by Gasteiger charge is 2.52. The molecule has 9 heteroatoms. The van der Waals surface area contributed by atoms with Gasteiger partial charge in [-0.2, -0.15) is 4.31 Å². The Kier molecular flexibility index (Phi) is 6.87. The minimum Gasteiger partial charge on any atom is -0.319 e. The van der Waals surface area contributed by atoms with Crippen molar-refractivity contribution in [3.05, 3.63) is 101 Å². The zero-order valence-corrected chi connectivity index (χ0v) is 21.2.